The van der Waals surface area contributed by atoms with Gasteiger partial charge in [-0.2, -0.15) is 5.26 Å². The summed E-state index contributed by atoms with van der Waals surface area (Å²) in [6.07, 6.45) is 6.48. The van der Waals surface area contributed by atoms with E-state index < -0.39 is 0 Å². The molecule has 1 aromatic carbocycles. The third kappa shape index (κ3) is 5.06. The Morgan fingerprint density at radius 1 is 1.32 bits per heavy atom. The molecule has 6 nitrogen and oxygen atoms in total. The van der Waals surface area contributed by atoms with Crippen LogP contribution in [0.25, 0.3) is 11.1 Å². The smallest absolute Gasteiger partial charge is 0.235 e. The number of amides is 1. The number of nitrogens with zero attached hydrogens (tertiary/aromatic N) is 4. The topological polar surface area (TPSA) is 81.9 Å². The zero-order chi connectivity index (χ0) is 21.8. The fourth-order valence-corrected chi connectivity index (χ4v) is 4.85. The Morgan fingerprint density at radius 2 is 2.10 bits per heavy atom. The number of aromatic nitrogens is 2. The highest BCUT2D eigenvalue weighted by Crippen LogP contribution is 2.36. The van der Waals surface area contributed by atoms with Gasteiger partial charge in [0.2, 0.25) is 5.91 Å². The summed E-state index contributed by atoms with van der Waals surface area (Å²) in [6, 6.07) is 11.6. The molecule has 2 heterocycles. The highest BCUT2D eigenvalue weighted by atomic mass is 32.2. The van der Waals surface area contributed by atoms with Crippen molar-refractivity contribution in [2.24, 2.45) is 0 Å². The normalized spacial score (nSPS) is 14.0. The fraction of sp³-hybridized carbons (Fsp3) is 0.304. The van der Waals surface area contributed by atoms with Crippen molar-refractivity contribution in [3.8, 4) is 17.2 Å². The first-order chi connectivity index (χ1) is 15.1. The van der Waals surface area contributed by atoms with E-state index in [9.17, 15) is 4.79 Å². The maximum absolute atomic E-state index is 13.2. The van der Waals surface area contributed by atoms with Crippen LogP contribution < -0.4 is 9.62 Å². The van der Waals surface area contributed by atoms with E-state index >= 15 is 0 Å². The van der Waals surface area contributed by atoms with Crippen LogP contribution in [0.3, 0.4) is 0 Å². The average molecular weight is 450 g/mol. The maximum atomic E-state index is 13.2. The van der Waals surface area contributed by atoms with Crippen LogP contribution >= 0.6 is 23.3 Å². The number of carbonyl (C=O) groups excluding carboxylic acids is 1. The van der Waals surface area contributed by atoms with E-state index in [4.69, 9.17) is 5.26 Å². The van der Waals surface area contributed by atoms with Gasteiger partial charge >= 0.3 is 0 Å². The van der Waals surface area contributed by atoms with Gasteiger partial charge in [-0.1, -0.05) is 19.1 Å². The van der Waals surface area contributed by atoms with Gasteiger partial charge in [-0.25, -0.2) is 4.98 Å². The minimum absolute atomic E-state index is 0.0232. The lowest BCUT2D eigenvalue weighted by Crippen LogP contribution is -2.31. The van der Waals surface area contributed by atoms with E-state index in [2.05, 4.69) is 20.8 Å². The Kier molecular flexibility index (Phi) is 6.54. The Balaban J connectivity index is 1.46. The SMILES string of the molecule is CCC(C(=O)N(C)c1ccc(-c2cncc(C#N)c2)cc1)c1csc(NSC2CC2)n1. The zero-order valence-corrected chi connectivity index (χ0v) is 19.0. The third-order valence-corrected chi connectivity index (χ3v) is 7.23. The van der Waals surface area contributed by atoms with Gasteiger partial charge in [0, 0.05) is 41.3 Å². The van der Waals surface area contributed by atoms with Crippen LogP contribution in [0.2, 0.25) is 0 Å². The summed E-state index contributed by atoms with van der Waals surface area (Å²) in [5, 5.41) is 12.6. The highest BCUT2D eigenvalue weighted by molar-refractivity contribution is 8.01. The number of rotatable bonds is 8. The van der Waals surface area contributed by atoms with E-state index in [0.29, 0.717) is 17.2 Å². The first-order valence-corrected chi connectivity index (χ1v) is 11.9. The Hall–Kier alpha value is -2.89. The molecule has 0 saturated heterocycles. The predicted molar refractivity (Wildman–Crippen MR) is 127 cm³/mol. The predicted octanol–water partition coefficient (Wildman–Crippen LogP) is 5.46. The van der Waals surface area contributed by atoms with Crippen LogP contribution in [0.1, 0.15) is 43.4 Å². The second-order valence-electron chi connectivity index (χ2n) is 7.48. The van der Waals surface area contributed by atoms with Crippen molar-refractivity contribution in [2.75, 3.05) is 16.7 Å². The van der Waals surface area contributed by atoms with Gasteiger partial charge in [0.1, 0.15) is 6.07 Å². The molecule has 0 bridgehead atoms. The van der Waals surface area contributed by atoms with Crippen molar-refractivity contribution in [1.82, 2.24) is 9.97 Å². The monoisotopic (exact) mass is 449 g/mol. The molecule has 158 valence electrons. The third-order valence-electron chi connectivity index (χ3n) is 5.21. The van der Waals surface area contributed by atoms with Crippen LogP contribution in [-0.2, 0) is 4.79 Å². The second kappa shape index (κ2) is 9.50. The Morgan fingerprint density at radius 3 is 2.77 bits per heavy atom. The molecule has 1 amide bonds. The number of likely N-dealkylation sites (N-methyl/N-ethyl adjacent to an activating group) is 1. The van der Waals surface area contributed by atoms with Crippen LogP contribution in [-0.4, -0.2) is 28.2 Å². The van der Waals surface area contributed by atoms with Crippen molar-refractivity contribution < 1.29 is 4.79 Å². The zero-order valence-electron chi connectivity index (χ0n) is 17.4. The van der Waals surface area contributed by atoms with E-state index in [1.54, 1.807) is 53.7 Å². The summed E-state index contributed by atoms with van der Waals surface area (Å²) in [5.74, 6) is -0.256. The highest BCUT2D eigenvalue weighted by Gasteiger charge is 2.26. The van der Waals surface area contributed by atoms with Crippen LogP contribution in [0, 0.1) is 11.3 Å². The van der Waals surface area contributed by atoms with Gasteiger partial charge in [0.15, 0.2) is 5.13 Å². The average Bonchev–Trinajstić information content (AvgIpc) is 3.54. The van der Waals surface area contributed by atoms with Gasteiger partial charge in [0.05, 0.1) is 17.2 Å². The maximum Gasteiger partial charge on any atom is 0.235 e. The van der Waals surface area contributed by atoms with Crippen molar-refractivity contribution in [1.29, 1.82) is 5.26 Å². The number of thiazole rings is 1. The van der Waals surface area contributed by atoms with Crippen LogP contribution in [0.4, 0.5) is 10.8 Å². The molecule has 1 atom stereocenters. The van der Waals surface area contributed by atoms with Crippen LogP contribution in [0.5, 0.6) is 0 Å². The van der Waals surface area contributed by atoms with Gasteiger partial charge in [-0.05, 0) is 55.0 Å². The summed E-state index contributed by atoms with van der Waals surface area (Å²) >= 11 is 3.27. The summed E-state index contributed by atoms with van der Waals surface area (Å²) < 4.78 is 3.31. The molecule has 1 saturated carbocycles. The standard InChI is InChI=1S/C23H23N5OS2/c1-3-20(21-14-30-23(26-21)27-31-19-8-9-19)22(29)28(2)18-6-4-16(5-7-18)17-10-15(11-24)12-25-13-17/h4-7,10,12-14,19-20H,3,8-9H2,1-2H3,(H,26,27). The minimum atomic E-state index is -0.279. The van der Waals surface area contributed by atoms with Gasteiger partial charge in [-0.15, -0.1) is 11.3 Å². The molecule has 0 spiro atoms. The summed E-state index contributed by atoms with van der Waals surface area (Å²) in [5.41, 5.74) is 3.98. The van der Waals surface area contributed by atoms with E-state index in [-0.39, 0.29) is 11.8 Å². The number of nitriles is 1. The molecule has 1 N–H and O–H groups in total. The molecule has 0 radical (unpaired) electrons. The molecule has 1 aliphatic rings. The molecule has 0 aliphatic heterocycles. The lowest BCUT2D eigenvalue weighted by Gasteiger charge is -2.22. The fourth-order valence-electron chi connectivity index (χ4n) is 3.22. The molecule has 4 rings (SSSR count). The first-order valence-electron chi connectivity index (χ1n) is 10.2. The van der Waals surface area contributed by atoms with Gasteiger partial charge in [0.25, 0.3) is 0 Å². The van der Waals surface area contributed by atoms with Crippen LogP contribution in [0.15, 0.2) is 48.1 Å². The molecular formula is C23H23N5OS2. The molecule has 1 unspecified atom stereocenters. The Bertz CT molecular complexity index is 1100. The number of anilines is 2. The summed E-state index contributed by atoms with van der Waals surface area (Å²) in [6.45, 7) is 2.01. The Labute approximate surface area is 190 Å². The molecule has 8 heteroatoms. The van der Waals surface area contributed by atoms with E-state index in [1.807, 2.05) is 36.6 Å². The van der Waals surface area contributed by atoms with Crippen molar-refractivity contribution in [3.05, 3.63) is 59.4 Å². The van der Waals surface area contributed by atoms with E-state index in [1.165, 1.54) is 12.8 Å². The van der Waals surface area contributed by atoms with Gasteiger partial charge in [-0.3, -0.25) is 9.78 Å². The number of hydrogen-bond acceptors (Lipinski definition) is 7. The second-order valence-corrected chi connectivity index (χ2v) is 9.44. The molecule has 1 aliphatic carbocycles. The van der Waals surface area contributed by atoms with Crippen molar-refractivity contribution in [2.45, 2.75) is 37.4 Å². The molecule has 2 aromatic heterocycles. The first kappa shape index (κ1) is 21.3. The van der Waals surface area contributed by atoms with Crippen molar-refractivity contribution >= 4 is 40.0 Å². The number of nitrogens with one attached hydrogen (secondary N) is 1. The number of pyridine rings is 1. The summed E-state index contributed by atoms with van der Waals surface area (Å²) in [4.78, 5) is 23.7. The van der Waals surface area contributed by atoms with Gasteiger partial charge < -0.3 is 9.62 Å². The summed E-state index contributed by atoms with van der Waals surface area (Å²) in [7, 11) is 1.80. The lowest BCUT2D eigenvalue weighted by atomic mass is 10.0. The molecule has 31 heavy (non-hydrogen) atoms. The quantitative estimate of drug-likeness (QED) is 0.460. The molecular weight excluding hydrogens is 426 g/mol. The van der Waals surface area contributed by atoms with E-state index in [0.717, 1.165) is 27.6 Å². The lowest BCUT2D eigenvalue weighted by molar-refractivity contribution is -0.119. The largest absolute Gasteiger partial charge is 0.315 e. The molecule has 1 fully saturated rings. The number of benzene rings is 1. The number of hydrogen-bond donors (Lipinski definition) is 1. The minimum Gasteiger partial charge on any atom is -0.315 e. The molecule has 3 aromatic rings. The van der Waals surface area contributed by atoms with Crippen molar-refractivity contribution in [3.63, 3.8) is 0 Å². The number of carbonyl (C=O) groups is 1.